The summed E-state index contributed by atoms with van der Waals surface area (Å²) in [5, 5.41) is 3.56. The number of hydrogen-bond donors (Lipinski definition) is 1. The van der Waals surface area contributed by atoms with Gasteiger partial charge in [-0.15, -0.1) is 0 Å². The summed E-state index contributed by atoms with van der Waals surface area (Å²) in [6.45, 7) is 3.54. The second-order valence-electron chi connectivity index (χ2n) is 5.36. The fourth-order valence-corrected chi connectivity index (χ4v) is 3.08. The Morgan fingerprint density at radius 1 is 1.32 bits per heavy atom. The van der Waals surface area contributed by atoms with Gasteiger partial charge in [0.15, 0.2) is 5.79 Å². The molecule has 1 saturated heterocycles. The number of ether oxygens (including phenoxy) is 2. The van der Waals surface area contributed by atoms with Crippen LogP contribution in [0.2, 0.25) is 0 Å². The summed E-state index contributed by atoms with van der Waals surface area (Å²) in [5.41, 5.74) is 2.25. The average molecular weight is 327 g/mol. The summed E-state index contributed by atoms with van der Waals surface area (Å²) < 4.78 is 12.4. The molecule has 2 aliphatic rings. The summed E-state index contributed by atoms with van der Waals surface area (Å²) in [5.74, 6) is -0.272. The maximum absolute atomic E-state index is 5.75. The minimum atomic E-state index is -0.272. The highest BCUT2D eigenvalue weighted by atomic mass is 79.9. The van der Waals surface area contributed by atoms with Gasteiger partial charge >= 0.3 is 0 Å². The SMILES string of the molecule is Cc1cc(NC2CCC3(CC2)OCCO3)cnc1Br. The minimum absolute atomic E-state index is 0.272. The molecule has 104 valence electrons. The van der Waals surface area contributed by atoms with E-state index >= 15 is 0 Å². The zero-order valence-corrected chi connectivity index (χ0v) is 12.7. The van der Waals surface area contributed by atoms with Crippen molar-refractivity contribution in [3.05, 3.63) is 22.4 Å². The predicted molar refractivity (Wildman–Crippen MR) is 77.2 cm³/mol. The molecule has 19 heavy (non-hydrogen) atoms. The first-order valence-corrected chi connectivity index (χ1v) is 7.63. The molecule has 0 aromatic carbocycles. The maximum atomic E-state index is 5.75. The highest BCUT2D eigenvalue weighted by Crippen LogP contribution is 2.36. The monoisotopic (exact) mass is 326 g/mol. The Kier molecular flexibility index (Phi) is 3.78. The van der Waals surface area contributed by atoms with Gasteiger partial charge < -0.3 is 14.8 Å². The molecular formula is C14H19BrN2O2. The van der Waals surface area contributed by atoms with Crippen LogP contribution in [0.4, 0.5) is 5.69 Å². The molecule has 5 heteroatoms. The van der Waals surface area contributed by atoms with Crippen molar-refractivity contribution in [1.82, 2.24) is 4.98 Å². The van der Waals surface area contributed by atoms with Crippen molar-refractivity contribution in [3.8, 4) is 0 Å². The minimum Gasteiger partial charge on any atom is -0.381 e. The lowest BCUT2D eigenvalue weighted by molar-refractivity contribution is -0.177. The van der Waals surface area contributed by atoms with Gasteiger partial charge in [-0.2, -0.15) is 0 Å². The van der Waals surface area contributed by atoms with Crippen LogP contribution < -0.4 is 5.32 Å². The highest BCUT2D eigenvalue weighted by molar-refractivity contribution is 9.10. The van der Waals surface area contributed by atoms with Crippen molar-refractivity contribution < 1.29 is 9.47 Å². The first kappa shape index (κ1) is 13.3. The van der Waals surface area contributed by atoms with E-state index in [0.717, 1.165) is 54.8 Å². The van der Waals surface area contributed by atoms with Crippen LogP contribution in [-0.4, -0.2) is 30.0 Å². The molecule has 1 N–H and O–H groups in total. The van der Waals surface area contributed by atoms with Gasteiger partial charge in [-0.25, -0.2) is 4.98 Å². The van der Waals surface area contributed by atoms with Crippen LogP contribution in [0.5, 0.6) is 0 Å². The Labute approximate surface area is 122 Å². The van der Waals surface area contributed by atoms with Crippen molar-refractivity contribution in [2.24, 2.45) is 0 Å². The molecule has 1 aliphatic carbocycles. The quantitative estimate of drug-likeness (QED) is 0.847. The third-order valence-electron chi connectivity index (χ3n) is 3.95. The maximum Gasteiger partial charge on any atom is 0.168 e. The van der Waals surface area contributed by atoms with Gasteiger partial charge in [-0.3, -0.25) is 0 Å². The molecule has 1 aromatic rings. The predicted octanol–water partition coefficient (Wildman–Crippen LogP) is 3.25. The molecule has 1 aromatic heterocycles. The molecular weight excluding hydrogens is 308 g/mol. The molecule has 0 unspecified atom stereocenters. The second kappa shape index (κ2) is 5.38. The normalized spacial score (nSPS) is 22.8. The topological polar surface area (TPSA) is 43.4 Å². The van der Waals surface area contributed by atoms with Crippen LogP contribution >= 0.6 is 15.9 Å². The Bertz CT molecular complexity index is 451. The Balaban J connectivity index is 1.58. The number of anilines is 1. The zero-order valence-electron chi connectivity index (χ0n) is 11.1. The van der Waals surface area contributed by atoms with Gasteiger partial charge in [0.25, 0.3) is 0 Å². The molecule has 2 fully saturated rings. The number of aromatic nitrogens is 1. The van der Waals surface area contributed by atoms with E-state index in [4.69, 9.17) is 9.47 Å². The molecule has 1 aliphatic heterocycles. The lowest BCUT2D eigenvalue weighted by atomic mass is 9.90. The number of aryl methyl sites for hydroxylation is 1. The van der Waals surface area contributed by atoms with Crippen LogP contribution in [0.15, 0.2) is 16.9 Å². The van der Waals surface area contributed by atoms with Gasteiger partial charge in [0.2, 0.25) is 0 Å². The van der Waals surface area contributed by atoms with Crippen molar-refractivity contribution in [2.75, 3.05) is 18.5 Å². The first-order valence-electron chi connectivity index (χ1n) is 6.83. The largest absolute Gasteiger partial charge is 0.381 e. The van der Waals surface area contributed by atoms with Crippen LogP contribution in [0.3, 0.4) is 0 Å². The van der Waals surface area contributed by atoms with E-state index in [-0.39, 0.29) is 5.79 Å². The summed E-state index contributed by atoms with van der Waals surface area (Å²) in [6.07, 6.45) is 6.00. The van der Waals surface area contributed by atoms with E-state index in [0.29, 0.717) is 6.04 Å². The number of nitrogens with zero attached hydrogens (tertiary/aromatic N) is 1. The van der Waals surface area contributed by atoms with Crippen molar-refractivity contribution in [2.45, 2.75) is 44.4 Å². The second-order valence-corrected chi connectivity index (χ2v) is 6.11. The van der Waals surface area contributed by atoms with Gasteiger partial charge in [0, 0.05) is 18.9 Å². The third-order valence-corrected chi connectivity index (χ3v) is 4.78. The molecule has 4 nitrogen and oxygen atoms in total. The van der Waals surface area contributed by atoms with Crippen molar-refractivity contribution in [3.63, 3.8) is 0 Å². The van der Waals surface area contributed by atoms with Gasteiger partial charge in [-0.1, -0.05) is 0 Å². The molecule has 1 saturated carbocycles. The molecule has 2 heterocycles. The Morgan fingerprint density at radius 3 is 2.63 bits per heavy atom. The fourth-order valence-electron chi connectivity index (χ4n) is 2.86. The molecule has 3 rings (SSSR count). The van der Waals surface area contributed by atoms with Crippen LogP contribution in [0.25, 0.3) is 0 Å². The van der Waals surface area contributed by atoms with E-state index in [1.54, 1.807) is 0 Å². The van der Waals surface area contributed by atoms with Crippen LogP contribution in [0, 0.1) is 6.92 Å². The number of halogens is 1. The van der Waals surface area contributed by atoms with Gasteiger partial charge in [0.1, 0.15) is 4.60 Å². The fraction of sp³-hybridized carbons (Fsp3) is 0.643. The zero-order chi connectivity index (χ0) is 13.3. The summed E-state index contributed by atoms with van der Waals surface area (Å²) in [4.78, 5) is 4.32. The molecule has 0 amide bonds. The smallest absolute Gasteiger partial charge is 0.168 e. The average Bonchev–Trinajstić information content (AvgIpc) is 2.86. The molecule has 0 bridgehead atoms. The van der Waals surface area contributed by atoms with Crippen molar-refractivity contribution in [1.29, 1.82) is 0 Å². The van der Waals surface area contributed by atoms with E-state index in [1.165, 1.54) is 0 Å². The summed E-state index contributed by atoms with van der Waals surface area (Å²) in [6, 6.07) is 2.62. The lowest BCUT2D eigenvalue weighted by Gasteiger charge is -2.36. The molecule has 0 radical (unpaired) electrons. The standard InChI is InChI=1S/C14H19BrN2O2/c1-10-8-12(9-16-13(10)15)17-11-2-4-14(5-3-11)18-6-7-19-14/h8-9,11,17H,2-7H2,1H3. The van der Waals surface area contributed by atoms with Crippen LogP contribution in [0.1, 0.15) is 31.2 Å². The Morgan fingerprint density at radius 2 is 2.00 bits per heavy atom. The van der Waals surface area contributed by atoms with E-state index in [2.05, 4.69) is 39.2 Å². The number of rotatable bonds is 2. The van der Waals surface area contributed by atoms with Gasteiger partial charge in [0.05, 0.1) is 25.1 Å². The molecule has 1 spiro atoms. The van der Waals surface area contributed by atoms with E-state index in [1.807, 2.05) is 6.20 Å². The van der Waals surface area contributed by atoms with Gasteiger partial charge in [-0.05, 0) is 47.3 Å². The van der Waals surface area contributed by atoms with E-state index in [9.17, 15) is 0 Å². The number of hydrogen-bond acceptors (Lipinski definition) is 4. The Hall–Kier alpha value is -0.650. The van der Waals surface area contributed by atoms with E-state index < -0.39 is 0 Å². The van der Waals surface area contributed by atoms with Crippen molar-refractivity contribution >= 4 is 21.6 Å². The molecule has 0 atom stereocenters. The van der Waals surface area contributed by atoms with Crippen LogP contribution in [-0.2, 0) is 9.47 Å². The highest BCUT2D eigenvalue weighted by Gasteiger charge is 2.40. The number of pyridine rings is 1. The third kappa shape index (κ3) is 2.93. The summed E-state index contributed by atoms with van der Waals surface area (Å²) >= 11 is 3.42. The first-order chi connectivity index (χ1) is 9.17. The number of nitrogens with one attached hydrogen (secondary N) is 1. The lowest BCUT2D eigenvalue weighted by Crippen LogP contribution is -2.39. The summed E-state index contributed by atoms with van der Waals surface area (Å²) in [7, 11) is 0.